The molecule has 1 saturated heterocycles. The highest BCUT2D eigenvalue weighted by atomic mass is 32.1. The van der Waals surface area contributed by atoms with Crippen LogP contribution in [0, 0.1) is 0 Å². The summed E-state index contributed by atoms with van der Waals surface area (Å²) in [5.74, 6) is 0. The molecule has 1 aliphatic heterocycles. The maximum Gasteiger partial charge on any atom is 0.112 e. The predicted molar refractivity (Wildman–Crippen MR) is 62.4 cm³/mol. The summed E-state index contributed by atoms with van der Waals surface area (Å²) in [6.45, 7) is 9.06. The van der Waals surface area contributed by atoms with Crippen molar-refractivity contribution in [3.63, 3.8) is 0 Å². The van der Waals surface area contributed by atoms with Crippen LogP contribution < -0.4 is 5.32 Å². The fourth-order valence-electron chi connectivity index (χ4n) is 1.52. The Balaban J connectivity index is 2.12. The predicted octanol–water partition coefficient (Wildman–Crippen LogP) is 2.10. The normalized spacial score (nSPS) is 23.0. The van der Waals surface area contributed by atoms with Crippen molar-refractivity contribution in [2.45, 2.75) is 32.2 Å². The second kappa shape index (κ2) is 4.20. The number of hydrogen-bond acceptors (Lipinski definition) is 4. The van der Waals surface area contributed by atoms with Gasteiger partial charge in [0.1, 0.15) is 5.01 Å². The summed E-state index contributed by atoms with van der Waals surface area (Å²) in [6, 6.07) is 0.292. The van der Waals surface area contributed by atoms with E-state index in [1.807, 2.05) is 0 Å². The van der Waals surface area contributed by atoms with Gasteiger partial charge in [0.2, 0.25) is 0 Å². The Morgan fingerprint density at radius 2 is 2.33 bits per heavy atom. The summed E-state index contributed by atoms with van der Waals surface area (Å²) in [5.41, 5.74) is 1.32. The largest absolute Gasteiger partial charge is 0.378 e. The number of nitrogens with one attached hydrogen (secondary N) is 1. The van der Waals surface area contributed by atoms with Crippen LogP contribution in [0.4, 0.5) is 0 Å². The van der Waals surface area contributed by atoms with E-state index >= 15 is 0 Å². The van der Waals surface area contributed by atoms with Gasteiger partial charge in [-0.3, -0.25) is 0 Å². The minimum atomic E-state index is 0.143. The molecule has 1 unspecified atom stereocenters. The highest BCUT2D eigenvalue weighted by Gasteiger charge is 2.22. The standard InChI is InChI=1S/C11H18N2OS/c1-11(2,3)9-7-15-10(13-9)8-6-14-5-4-12-8/h7-8,12H,4-6H2,1-3H3. The Kier molecular flexibility index (Phi) is 3.09. The van der Waals surface area contributed by atoms with E-state index < -0.39 is 0 Å². The van der Waals surface area contributed by atoms with Gasteiger partial charge in [-0.2, -0.15) is 0 Å². The topological polar surface area (TPSA) is 34.1 Å². The first-order valence-electron chi connectivity index (χ1n) is 5.34. The molecule has 2 heterocycles. The summed E-state index contributed by atoms with van der Waals surface area (Å²) in [4.78, 5) is 4.68. The molecule has 0 aromatic carbocycles. The summed E-state index contributed by atoms with van der Waals surface area (Å²) in [5, 5.41) is 6.73. The molecule has 1 atom stereocenters. The van der Waals surface area contributed by atoms with Crippen molar-refractivity contribution in [1.82, 2.24) is 10.3 Å². The van der Waals surface area contributed by atoms with E-state index in [0.717, 1.165) is 24.8 Å². The van der Waals surface area contributed by atoms with Gasteiger partial charge in [-0.1, -0.05) is 20.8 Å². The maximum absolute atomic E-state index is 5.44. The smallest absolute Gasteiger partial charge is 0.112 e. The van der Waals surface area contributed by atoms with E-state index in [1.54, 1.807) is 11.3 Å². The summed E-state index contributed by atoms with van der Waals surface area (Å²) >= 11 is 1.73. The minimum Gasteiger partial charge on any atom is -0.378 e. The lowest BCUT2D eigenvalue weighted by Gasteiger charge is -2.22. The zero-order valence-corrected chi connectivity index (χ0v) is 10.4. The zero-order chi connectivity index (χ0) is 10.9. The van der Waals surface area contributed by atoms with E-state index in [9.17, 15) is 0 Å². The van der Waals surface area contributed by atoms with E-state index in [-0.39, 0.29) is 5.41 Å². The molecule has 0 bridgehead atoms. The molecule has 4 heteroatoms. The third kappa shape index (κ3) is 2.56. The second-order valence-corrected chi connectivity index (χ2v) is 5.79. The van der Waals surface area contributed by atoms with Crippen molar-refractivity contribution in [2.24, 2.45) is 0 Å². The maximum atomic E-state index is 5.44. The van der Waals surface area contributed by atoms with Gasteiger partial charge in [0.15, 0.2) is 0 Å². The molecule has 3 nitrogen and oxygen atoms in total. The van der Waals surface area contributed by atoms with Gasteiger partial charge in [0, 0.05) is 17.3 Å². The Hall–Kier alpha value is -0.450. The quantitative estimate of drug-likeness (QED) is 0.796. The minimum absolute atomic E-state index is 0.143. The van der Waals surface area contributed by atoms with Crippen LogP contribution in [0.25, 0.3) is 0 Å². The van der Waals surface area contributed by atoms with Crippen LogP contribution in [0.5, 0.6) is 0 Å². The number of nitrogens with zero attached hydrogens (tertiary/aromatic N) is 1. The van der Waals surface area contributed by atoms with Crippen molar-refractivity contribution in [3.8, 4) is 0 Å². The van der Waals surface area contributed by atoms with Crippen molar-refractivity contribution < 1.29 is 4.74 Å². The molecular formula is C11H18N2OS. The van der Waals surface area contributed by atoms with E-state index in [4.69, 9.17) is 4.74 Å². The van der Waals surface area contributed by atoms with Gasteiger partial charge >= 0.3 is 0 Å². The Bertz CT molecular complexity index is 324. The van der Waals surface area contributed by atoms with Crippen molar-refractivity contribution >= 4 is 11.3 Å². The third-order valence-electron chi connectivity index (χ3n) is 2.51. The molecule has 1 N–H and O–H groups in total. The number of ether oxygens (including phenoxy) is 1. The molecule has 2 rings (SSSR count). The number of hydrogen-bond donors (Lipinski definition) is 1. The molecule has 1 aliphatic rings. The number of aromatic nitrogens is 1. The van der Waals surface area contributed by atoms with Gasteiger partial charge in [-0.05, 0) is 0 Å². The van der Waals surface area contributed by atoms with Gasteiger partial charge in [0.25, 0.3) is 0 Å². The molecule has 0 spiro atoms. The lowest BCUT2D eigenvalue weighted by atomic mass is 9.93. The van der Waals surface area contributed by atoms with Crippen LogP contribution in [0.15, 0.2) is 5.38 Å². The fraction of sp³-hybridized carbons (Fsp3) is 0.727. The average Bonchev–Trinajstić information content (AvgIpc) is 2.67. The summed E-state index contributed by atoms with van der Waals surface area (Å²) < 4.78 is 5.44. The van der Waals surface area contributed by atoms with Gasteiger partial charge in [0.05, 0.1) is 24.9 Å². The number of morpholine rings is 1. The summed E-state index contributed by atoms with van der Waals surface area (Å²) in [7, 11) is 0. The average molecular weight is 226 g/mol. The number of thiazole rings is 1. The molecule has 1 fully saturated rings. The molecule has 1 aromatic heterocycles. The van der Waals surface area contributed by atoms with Gasteiger partial charge < -0.3 is 10.1 Å². The zero-order valence-electron chi connectivity index (χ0n) is 9.54. The van der Waals surface area contributed by atoms with Gasteiger partial charge in [-0.25, -0.2) is 4.98 Å². The first-order valence-corrected chi connectivity index (χ1v) is 6.22. The lowest BCUT2D eigenvalue weighted by Crippen LogP contribution is -2.34. The Labute approximate surface area is 94.9 Å². The molecular weight excluding hydrogens is 208 g/mol. The lowest BCUT2D eigenvalue weighted by molar-refractivity contribution is 0.0767. The molecule has 0 saturated carbocycles. The SMILES string of the molecule is CC(C)(C)c1csc(C2COCCN2)n1. The molecule has 84 valence electrons. The van der Waals surface area contributed by atoms with Crippen LogP contribution in [0.2, 0.25) is 0 Å². The van der Waals surface area contributed by atoms with Crippen LogP contribution in [-0.4, -0.2) is 24.7 Å². The highest BCUT2D eigenvalue weighted by molar-refractivity contribution is 7.09. The van der Waals surface area contributed by atoms with E-state index in [2.05, 4.69) is 36.5 Å². The fourth-order valence-corrected chi connectivity index (χ4v) is 2.62. The Morgan fingerprint density at radius 3 is 2.87 bits per heavy atom. The molecule has 0 amide bonds. The Morgan fingerprint density at radius 1 is 1.53 bits per heavy atom. The van der Waals surface area contributed by atoms with Crippen LogP contribution in [0.3, 0.4) is 0 Å². The highest BCUT2D eigenvalue weighted by Crippen LogP contribution is 2.27. The van der Waals surface area contributed by atoms with E-state index in [1.165, 1.54) is 5.69 Å². The monoisotopic (exact) mass is 226 g/mol. The molecule has 1 aromatic rings. The third-order valence-corrected chi connectivity index (χ3v) is 3.47. The van der Waals surface area contributed by atoms with Gasteiger partial charge in [-0.15, -0.1) is 11.3 Å². The van der Waals surface area contributed by atoms with Crippen LogP contribution >= 0.6 is 11.3 Å². The second-order valence-electron chi connectivity index (χ2n) is 4.90. The van der Waals surface area contributed by atoms with Crippen LogP contribution in [0.1, 0.15) is 37.5 Å². The summed E-state index contributed by atoms with van der Waals surface area (Å²) in [6.07, 6.45) is 0. The number of rotatable bonds is 1. The van der Waals surface area contributed by atoms with Crippen LogP contribution in [-0.2, 0) is 10.2 Å². The molecule has 0 aliphatic carbocycles. The van der Waals surface area contributed by atoms with Crippen molar-refractivity contribution in [1.29, 1.82) is 0 Å². The van der Waals surface area contributed by atoms with Crippen molar-refractivity contribution in [3.05, 3.63) is 16.1 Å². The first kappa shape index (κ1) is 11.0. The molecule has 0 radical (unpaired) electrons. The van der Waals surface area contributed by atoms with Crippen molar-refractivity contribution in [2.75, 3.05) is 19.8 Å². The molecule has 15 heavy (non-hydrogen) atoms. The van der Waals surface area contributed by atoms with E-state index in [0.29, 0.717) is 6.04 Å². The first-order chi connectivity index (χ1) is 7.07.